The van der Waals surface area contributed by atoms with Gasteiger partial charge in [0.1, 0.15) is 0 Å². The number of aromatic nitrogens is 4. The first kappa shape index (κ1) is 42.9. The van der Waals surface area contributed by atoms with Gasteiger partial charge >= 0.3 is 0 Å². The van der Waals surface area contributed by atoms with Gasteiger partial charge in [-0.1, -0.05) is 231 Å². The van der Waals surface area contributed by atoms with E-state index in [1.165, 1.54) is 11.1 Å². The maximum absolute atomic E-state index is 5.46. The van der Waals surface area contributed by atoms with E-state index in [9.17, 15) is 0 Å². The molecule has 2 aromatic heterocycles. The number of para-hydroxylation sites is 4. The van der Waals surface area contributed by atoms with Crippen molar-refractivity contribution in [1.29, 1.82) is 0 Å². The van der Waals surface area contributed by atoms with E-state index in [4.69, 9.17) is 19.9 Å². The van der Waals surface area contributed by atoms with E-state index in [0.29, 0.717) is 0 Å². The molecule has 0 atom stereocenters. The SMILES string of the molecule is c1ccc(-c2nc3ccccc3nc2-c2ccc3c4ccc(-c5nc6ccccc6nc5-c5ccccc5)cc4c4c(-c5ccccc5)c(-c5ccccc5)c(-c5ccccc5)c(-c5ccccc5)c4c3c2)cc1. The van der Waals surface area contributed by atoms with Crippen molar-refractivity contribution in [2.24, 2.45) is 0 Å². The molecule has 0 amide bonds. The van der Waals surface area contributed by atoms with Crippen LogP contribution in [-0.2, 0) is 0 Å². The predicted octanol–water partition coefficient (Wildman–Crippen LogP) is 18.4. The van der Waals surface area contributed by atoms with Crippen LogP contribution in [0.5, 0.6) is 0 Å². The Morgan fingerprint density at radius 1 is 0.176 bits per heavy atom. The molecule has 12 aromatic carbocycles. The first-order valence-corrected chi connectivity index (χ1v) is 25.1. The summed E-state index contributed by atoms with van der Waals surface area (Å²) in [6.07, 6.45) is 0. The van der Waals surface area contributed by atoms with Crippen molar-refractivity contribution < 1.29 is 0 Å². The lowest BCUT2D eigenvalue weighted by molar-refractivity contribution is 1.29. The van der Waals surface area contributed by atoms with E-state index in [2.05, 4.69) is 231 Å². The molecule has 0 aliphatic rings. The molecule has 0 saturated carbocycles. The summed E-state index contributed by atoms with van der Waals surface area (Å²) in [6, 6.07) is 95.0. The molecule has 74 heavy (non-hydrogen) atoms. The summed E-state index contributed by atoms with van der Waals surface area (Å²) in [5, 5.41) is 6.81. The molecule has 4 heteroatoms. The second-order valence-corrected chi connectivity index (χ2v) is 18.8. The number of nitrogens with zero attached hydrogens (tertiary/aromatic N) is 4. The average Bonchev–Trinajstić information content (AvgIpc) is 3.56. The third kappa shape index (κ3) is 7.31. The molecule has 0 aliphatic carbocycles. The second kappa shape index (κ2) is 18.1. The first-order valence-electron chi connectivity index (χ1n) is 25.1. The van der Waals surface area contributed by atoms with Gasteiger partial charge in [-0.15, -0.1) is 0 Å². The maximum atomic E-state index is 5.46. The summed E-state index contributed by atoms with van der Waals surface area (Å²) in [7, 11) is 0. The quantitative estimate of drug-likeness (QED) is 0.142. The zero-order valence-electron chi connectivity index (χ0n) is 40.2. The van der Waals surface area contributed by atoms with Crippen molar-refractivity contribution in [3.8, 4) is 89.5 Å². The van der Waals surface area contributed by atoms with Crippen molar-refractivity contribution in [2.45, 2.75) is 0 Å². The highest BCUT2D eigenvalue weighted by atomic mass is 14.8. The van der Waals surface area contributed by atoms with E-state index in [0.717, 1.165) is 133 Å². The van der Waals surface area contributed by atoms with Crippen molar-refractivity contribution in [1.82, 2.24) is 19.9 Å². The molecular formula is C70H44N4. The van der Waals surface area contributed by atoms with Crippen molar-refractivity contribution >= 4 is 54.4 Å². The molecule has 4 nitrogen and oxygen atoms in total. The van der Waals surface area contributed by atoms with Crippen LogP contribution in [0.15, 0.2) is 267 Å². The minimum Gasteiger partial charge on any atom is -0.244 e. The Hall–Kier alpha value is -9.90. The van der Waals surface area contributed by atoms with Crippen LogP contribution in [0.25, 0.3) is 144 Å². The van der Waals surface area contributed by atoms with Gasteiger partial charge in [-0.3, -0.25) is 0 Å². The lowest BCUT2D eigenvalue weighted by Crippen LogP contribution is -2.00. The Labute approximate surface area is 428 Å². The van der Waals surface area contributed by atoms with Crippen LogP contribution in [0.1, 0.15) is 0 Å². The van der Waals surface area contributed by atoms with Crippen LogP contribution in [0, 0.1) is 0 Å². The standard InChI is InChI=1S/C70H44N4/c1-7-23-45(24-8-1)61-62(46-25-9-2-10-26-46)64(48-29-13-4-14-30-48)66-56-44-52(70-68(50-33-17-6-18-34-50)72-58-36-20-22-38-60(58)74-70)40-42-54(56)53-41-39-51(43-55(53)65(66)63(61)47-27-11-3-12-28-47)69-67(49-31-15-5-16-32-49)71-57-35-19-21-37-59(57)73-69/h1-44H. The van der Waals surface area contributed by atoms with Crippen molar-refractivity contribution in [3.63, 3.8) is 0 Å². The van der Waals surface area contributed by atoms with E-state index in [1.807, 2.05) is 36.4 Å². The summed E-state index contributed by atoms with van der Waals surface area (Å²) in [5.41, 5.74) is 19.9. The fourth-order valence-corrected chi connectivity index (χ4v) is 11.1. The Morgan fingerprint density at radius 3 is 0.716 bits per heavy atom. The molecule has 2 heterocycles. The normalized spacial score (nSPS) is 11.5. The molecule has 14 aromatic rings. The third-order valence-corrected chi connectivity index (χ3v) is 14.4. The Balaban J connectivity index is 1.22. The highest BCUT2D eigenvalue weighted by molar-refractivity contribution is 6.36. The van der Waals surface area contributed by atoms with E-state index >= 15 is 0 Å². The third-order valence-electron chi connectivity index (χ3n) is 14.4. The Kier molecular flexibility index (Phi) is 10.5. The van der Waals surface area contributed by atoms with Crippen LogP contribution in [0.4, 0.5) is 0 Å². The van der Waals surface area contributed by atoms with Gasteiger partial charge in [0, 0.05) is 22.3 Å². The lowest BCUT2D eigenvalue weighted by atomic mass is 9.76. The largest absolute Gasteiger partial charge is 0.244 e. The number of benzene rings is 12. The molecule has 344 valence electrons. The van der Waals surface area contributed by atoms with Gasteiger partial charge in [-0.05, 0) is 113 Å². The van der Waals surface area contributed by atoms with Crippen molar-refractivity contribution in [2.75, 3.05) is 0 Å². The van der Waals surface area contributed by atoms with Gasteiger partial charge < -0.3 is 0 Å². The summed E-state index contributed by atoms with van der Waals surface area (Å²) in [5.74, 6) is 0. The molecule has 0 radical (unpaired) electrons. The number of fused-ring (bicyclic) bond motifs is 8. The maximum Gasteiger partial charge on any atom is 0.0973 e. The zero-order chi connectivity index (χ0) is 49.0. The summed E-state index contributed by atoms with van der Waals surface area (Å²) < 4.78 is 0. The van der Waals surface area contributed by atoms with Gasteiger partial charge in [0.15, 0.2) is 0 Å². The highest BCUT2D eigenvalue weighted by Gasteiger charge is 2.28. The molecule has 0 N–H and O–H groups in total. The van der Waals surface area contributed by atoms with Gasteiger partial charge in [0.05, 0.1) is 44.8 Å². The molecule has 0 fully saturated rings. The zero-order valence-corrected chi connectivity index (χ0v) is 40.2. The van der Waals surface area contributed by atoms with Gasteiger partial charge in [0.2, 0.25) is 0 Å². The Bertz CT molecular complexity index is 4140. The van der Waals surface area contributed by atoms with E-state index < -0.39 is 0 Å². The molecule has 0 bridgehead atoms. The number of rotatable bonds is 8. The fourth-order valence-electron chi connectivity index (χ4n) is 11.1. The summed E-state index contributed by atoms with van der Waals surface area (Å²) in [6.45, 7) is 0. The second-order valence-electron chi connectivity index (χ2n) is 18.8. The Morgan fingerprint density at radius 2 is 0.419 bits per heavy atom. The lowest BCUT2D eigenvalue weighted by Gasteiger charge is -2.27. The minimum absolute atomic E-state index is 0.831. The topological polar surface area (TPSA) is 51.6 Å². The fraction of sp³-hybridized carbons (Fsp3) is 0. The minimum atomic E-state index is 0.831. The van der Waals surface area contributed by atoms with Crippen LogP contribution in [0.3, 0.4) is 0 Å². The van der Waals surface area contributed by atoms with Gasteiger partial charge in [0.25, 0.3) is 0 Å². The van der Waals surface area contributed by atoms with E-state index in [-0.39, 0.29) is 0 Å². The van der Waals surface area contributed by atoms with Crippen molar-refractivity contribution in [3.05, 3.63) is 267 Å². The molecule has 0 unspecified atom stereocenters. The van der Waals surface area contributed by atoms with Crippen LogP contribution in [0.2, 0.25) is 0 Å². The first-order chi connectivity index (χ1) is 36.7. The molecule has 0 aliphatic heterocycles. The van der Waals surface area contributed by atoms with Crippen LogP contribution >= 0.6 is 0 Å². The molecular weight excluding hydrogens is 897 g/mol. The predicted molar refractivity (Wildman–Crippen MR) is 309 cm³/mol. The monoisotopic (exact) mass is 940 g/mol. The summed E-state index contributed by atoms with van der Waals surface area (Å²) >= 11 is 0. The molecule has 0 spiro atoms. The highest BCUT2D eigenvalue weighted by Crippen LogP contribution is 2.55. The van der Waals surface area contributed by atoms with Gasteiger partial charge in [-0.2, -0.15) is 0 Å². The number of hydrogen-bond donors (Lipinski definition) is 0. The molecule has 14 rings (SSSR count). The van der Waals surface area contributed by atoms with Crippen LogP contribution < -0.4 is 0 Å². The smallest absolute Gasteiger partial charge is 0.0973 e. The van der Waals surface area contributed by atoms with E-state index in [1.54, 1.807) is 0 Å². The summed E-state index contributed by atoms with van der Waals surface area (Å²) in [4.78, 5) is 21.6. The average molecular weight is 941 g/mol. The number of hydrogen-bond acceptors (Lipinski definition) is 4. The molecule has 0 saturated heterocycles. The van der Waals surface area contributed by atoms with Gasteiger partial charge in [-0.25, -0.2) is 19.9 Å². The van der Waals surface area contributed by atoms with Crippen LogP contribution in [-0.4, -0.2) is 19.9 Å².